The van der Waals surface area contributed by atoms with Crippen molar-refractivity contribution in [2.75, 3.05) is 24.5 Å². The summed E-state index contributed by atoms with van der Waals surface area (Å²) in [5.41, 5.74) is 8.48. The number of carboxylic acids is 2. The maximum absolute atomic E-state index is 12.0. The van der Waals surface area contributed by atoms with Crippen LogP contribution in [0.25, 0.3) is 11.3 Å². The smallest absolute Gasteiger partial charge is 0.477 e. The number of aromatic nitrogens is 1. The van der Waals surface area contributed by atoms with Gasteiger partial charge in [-0.25, -0.2) is 9.59 Å². The van der Waals surface area contributed by atoms with Gasteiger partial charge < -0.3 is 25.8 Å². The van der Waals surface area contributed by atoms with E-state index < -0.39 is 23.7 Å². The molecule has 8 nitrogen and oxygen atoms in total. The number of aliphatic carboxylic acids is 1. The standard InChI is InChI=1S/C19H23N3O3.C2HF3O2/c1-2-13-9-16(19(24)25)18(23)21-17(13)14-3-5-15(6-4-14)22-8-7-12(10-20)11-22;3-2(4,5)1(6)7/h3-6,9,12H,2,7-8,10-11,20H2,1H3,(H,21,23)(H,24,25);(H,6,7). The average Bonchev–Trinajstić information content (AvgIpc) is 3.22. The fourth-order valence-corrected chi connectivity index (χ4v) is 3.37. The number of aromatic amines is 1. The number of aryl methyl sites for hydroxylation is 1. The lowest BCUT2D eigenvalue weighted by Gasteiger charge is -2.19. The number of benzene rings is 1. The van der Waals surface area contributed by atoms with Gasteiger partial charge in [0.2, 0.25) is 0 Å². The zero-order chi connectivity index (χ0) is 24.1. The lowest BCUT2D eigenvalue weighted by Crippen LogP contribution is -2.22. The van der Waals surface area contributed by atoms with E-state index >= 15 is 0 Å². The summed E-state index contributed by atoms with van der Waals surface area (Å²) >= 11 is 0. The van der Waals surface area contributed by atoms with E-state index in [4.69, 9.17) is 20.7 Å². The van der Waals surface area contributed by atoms with Gasteiger partial charge in [0.25, 0.3) is 5.56 Å². The van der Waals surface area contributed by atoms with Crippen LogP contribution in [0.15, 0.2) is 35.1 Å². The van der Waals surface area contributed by atoms with Crippen LogP contribution < -0.4 is 16.2 Å². The molecule has 3 rings (SSSR count). The van der Waals surface area contributed by atoms with Crippen molar-refractivity contribution in [2.24, 2.45) is 11.7 Å². The van der Waals surface area contributed by atoms with E-state index in [9.17, 15) is 22.8 Å². The Morgan fingerprint density at radius 3 is 2.25 bits per heavy atom. The lowest BCUT2D eigenvalue weighted by molar-refractivity contribution is -0.192. The normalized spacial score (nSPS) is 15.8. The fraction of sp³-hybridized carbons (Fsp3) is 0.381. The van der Waals surface area contributed by atoms with Crippen molar-refractivity contribution >= 4 is 17.6 Å². The van der Waals surface area contributed by atoms with Crippen molar-refractivity contribution in [3.63, 3.8) is 0 Å². The first-order valence-corrected chi connectivity index (χ1v) is 9.82. The highest BCUT2D eigenvalue weighted by atomic mass is 19.4. The SMILES string of the molecule is CCc1cc(C(=O)O)c(=O)[nH]c1-c1ccc(N2CCC(CN)C2)cc1.O=C(O)C(F)(F)F. The second-order valence-electron chi connectivity index (χ2n) is 7.26. The molecule has 2 heterocycles. The number of nitrogens with two attached hydrogens (primary N) is 1. The van der Waals surface area contributed by atoms with Gasteiger partial charge in [-0.2, -0.15) is 13.2 Å². The third-order valence-corrected chi connectivity index (χ3v) is 5.12. The minimum absolute atomic E-state index is 0.220. The molecule has 1 aliphatic heterocycles. The Bertz CT molecular complexity index is 1020. The second kappa shape index (κ2) is 10.3. The molecule has 32 heavy (non-hydrogen) atoms. The predicted molar refractivity (Wildman–Crippen MR) is 112 cm³/mol. The maximum atomic E-state index is 12.0. The zero-order valence-electron chi connectivity index (χ0n) is 17.3. The third kappa shape index (κ3) is 6.10. The molecule has 1 fully saturated rings. The van der Waals surface area contributed by atoms with Crippen LogP contribution >= 0.6 is 0 Å². The van der Waals surface area contributed by atoms with Crippen LogP contribution in [0.1, 0.15) is 29.3 Å². The number of aromatic carboxylic acids is 1. The molecule has 11 heteroatoms. The fourth-order valence-electron chi connectivity index (χ4n) is 3.37. The Morgan fingerprint density at radius 1 is 1.22 bits per heavy atom. The number of pyridine rings is 1. The van der Waals surface area contributed by atoms with Gasteiger partial charge in [0, 0.05) is 18.8 Å². The molecule has 174 valence electrons. The number of anilines is 1. The monoisotopic (exact) mass is 455 g/mol. The van der Waals surface area contributed by atoms with E-state index in [2.05, 4.69) is 9.88 Å². The molecule has 2 aromatic rings. The number of alkyl halides is 3. The number of nitrogens with zero attached hydrogens (tertiary/aromatic N) is 1. The van der Waals surface area contributed by atoms with Gasteiger partial charge in [-0.15, -0.1) is 0 Å². The van der Waals surface area contributed by atoms with Gasteiger partial charge in [0.05, 0.1) is 5.69 Å². The van der Waals surface area contributed by atoms with Gasteiger partial charge in [0.1, 0.15) is 5.56 Å². The number of rotatable bonds is 5. The van der Waals surface area contributed by atoms with E-state index in [1.54, 1.807) is 0 Å². The zero-order valence-corrected chi connectivity index (χ0v) is 17.3. The van der Waals surface area contributed by atoms with Gasteiger partial charge in [0.15, 0.2) is 0 Å². The van der Waals surface area contributed by atoms with Crippen molar-refractivity contribution in [3.8, 4) is 11.3 Å². The highest BCUT2D eigenvalue weighted by Crippen LogP contribution is 2.27. The van der Waals surface area contributed by atoms with E-state index in [1.165, 1.54) is 6.07 Å². The Labute approximate surface area is 181 Å². The van der Waals surface area contributed by atoms with E-state index in [1.807, 2.05) is 31.2 Å². The molecule has 0 aliphatic carbocycles. The summed E-state index contributed by atoms with van der Waals surface area (Å²) < 4.78 is 31.7. The highest BCUT2D eigenvalue weighted by molar-refractivity contribution is 5.88. The minimum atomic E-state index is -5.08. The number of nitrogens with one attached hydrogen (secondary N) is 1. The van der Waals surface area contributed by atoms with Crippen molar-refractivity contribution < 1.29 is 33.0 Å². The molecule has 1 aromatic heterocycles. The number of hydrogen-bond donors (Lipinski definition) is 4. The molecule has 0 spiro atoms. The summed E-state index contributed by atoms with van der Waals surface area (Å²) in [6, 6.07) is 9.48. The molecule has 1 aliphatic rings. The van der Waals surface area contributed by atoms with Gasteiger partial charge in [-0.05, 0) is 54.6 Å². The Morgan fingerprint density at radius 2 is 1.81 bits per heavy atom. The van der Waals surface area contributed by atoms with Crippen LogP contribution in [-0.2, 0) is 11.2 Å². The average molecular weight is 455 g/mol. The molecule has 0 amide bonds. The summed E-state index contributed by atoms with van der Waals surface area (Å²) in [5, 5.41) is 16.2. The Hall–Kier alpha value is -3.34. The van der Waals surface area contributed by atoms with Gasteiger partial charge in [-0.1, -0.05) is 19.1 Å². The van der Waals surface area contributed by atoms with Gasteiger partial charge >= 0.3 is 18.1 Å². The van der Waals surface area contributed by atoms with Crippen molar-refractivity contribution in [1.82, 2.24) is 4.98 Å². The van der Waals surface area contributed by atoms with Crippen molar-refractivity contribution in [2.45, 2.75) is 25.9 Å². The summed E-state index contributed by atoms with van der Waals surface area (Å²) in [4.78, 5) is 37.1. The molecule has 1 aromatic carbocycles. The Balaban J connectivity index is 0.000000451. The van der Waals surface area contributed by atoms with E-state index in [-0.39, 0.29) is 5.56 Å². The quantitative estimate of drug-likeness (QED) is 0.544. The maximum Gasteiger partial charge on any atom is 0.490 e. The number of carbonyl (C=O) groups is 2. The highest BCUT2D eigenvalue weighted by Gasteiger charge is 2.38. The topological polar surface area (TPSA) is 137 Å². The van der Waals surface area contributed by atoms with Crippen LogP contribution in [0.2, 0.25) is 0 Å². The first kappa shape index (κ1) is 24.9. The van der Waals surface area contributed by atoms with E-state index in [0.717, 1.165) is 36.3 Å². The van der Waals surface area contributed by atoms with Crippen LogP contribution in [-0.4, -0.2) is 52.9 Å². The Kier molecular flexibility index (Phi) is 8.03. The van der Waals surface area contributed by atoms with Crippen LogP contribution in [0.5, 0.6) is 0 Å². The first-order valence-electron chi connectivity index (χ1n) is 9.82. The lowest BCUT2D eigenvalue weighted by atomic mass is 10.0. The summed E-state index contributed by atoms with van der Waals surface area (Å²) in [5.74, 6) is -3.42. The summed E-state index contributed by atoms with van der Waals surface area (Å²) in [6.45, 7) is 4.63. The number of hydrogen-bond acceptors (Lipinski definition) is 5. The molecular weight excluding hydrogens is 431 g/mol. The molecule has 0 bridgehead atoms. The van der Waals surface area contributed by atoms with Crippen molar-refractivity contribution in [1.29, 1.82) is 0 Å². The summed E-state index contributed by atoms with van der Waals surface area (Å²) in [6.07, 6.45) is -3.33. The van der Waals surface area contributed by atoms with Crippen LogP contribution in [0.4, 0.5) is 18.9 Å². The number of carboxylic acid groups (broad SMARTS) is 2. The summed E-state index contributed by atoms with van der Waals surface area (Å²) in [7, 11) is 0. The van der Waals surface area contributed by atoms with Crippen LogP contribution in [0.3, 0.4) is 0 Å². The first-order chi connectivity index (χ1) is 15.0. The molecule has 1 atom stereocenters. The number of halogens is 3. The molecule has 1 unspecified atom stereocenters. The van der Waals surface area contributed by atoms with Crippen molar-refractivity contribution in [3.05, 3.63) is 51.8 Å². The molecule has 0 saturated carbocycles. The van der Waals surface area contributed by atoms with E-state index in [0.29, 0.717) is 24.6 Å². The molecular formula is C21H24F3N3O5. The predicted octanol–water partition coefficient (Wildman–Crippen LogP) is 2.72. The minimum Gasteiger partial charge on any atom is -0.477 e. The van der Waals surface area contributed by atoms with Gasteiger partial charge in [-0.3, -0.25) is 4.79 Å². The molecule has 0 radical (unpaired) electrons. The number of H-pyrrole nitrogens is 1. The molecule has 5 N–H and O–H groups in total. The third-order valence-electron chi connectivity index (χ3n) is 5.12. The largest absolute Gasteiger partial charge is 0.490 e. The van der Waals surface area contributed by atoms with Crippen LogP contribution in [0, 0.1) is 5.92 Å². The molecule has 1 saturated heterocycles. The second-order valence-corrected chi connectivity index (χ2v) is 7.26.